The molecular weight excluding hydrogens is 350 g/mol. The van der Waals surface area contributed by atoms with Crippen LogP contribution in [0.25, 0.3) is 0 Å². The minimum absolute atomic E-state index is 0.0986. The summed E-state index contributed by atoms with van der Waals surface area (Å²) in [6, 6.07) is 6.24. The molecule has 0 fully saturated rings. The fourth-order valence-electron chi connectivity index (χ4n) is 1.65. The lowest BCUT2D eigenvalue weighted by Crippen LogP contribution is -2.31. The summed E-state index contributed by atoms with van der Waals surface area (Å²) in [6.07, 6.45) is 0.880. The van der Waals surface area contributed by atoms with E-state index in [0.717, 1.165) is 6.42 Å². The quantitative estimate of drug-likeness (QED) is 0.803. The molecule has 0 heterocycles. The van der Waals surface area contributed by atoms with E-state index in [1.807, 2.05) is 0 Å². The van der Waals surface area contributed by atoms with Crippen LogP contribution in [0.3, 0.4) is 0 Å². The normalized spacial score (nSPS) is 14.4. The molecule has 1 aromatic rings. The maximum absolute atomic E-state index is 12.1. The lowest BCUT2D eigenvalue weighted by Gasteiger charge is -2.22. The van der Waals surface area contributed by atoms with Gasteiger partial charge in [0.15, 0.2) is 0 Å². The van der Waals surface area contributed by atoms with Crippen molar-refractivity contribution in [3.8, 4) is 0 Å². The van der Waals surface area contributed by atoms with Gasteiger partial charge in [-0.15, -0.1) is 0 Å². The molecule has 1 unspecified atom stereocenters. The molecule has 1 N–H and O–H groups in total. The van der Waals surface area contributed by atoms with Gasteiger partial charge in [0, 0.05) is 16.4 Å². The molecule has 0 aromatic heterocycles. The summed E-state index contributed by atoms with van der Waals surface area (Å²) < 4.78 is 26.7. The third kappa shape index (κ3) is 6.25. The van der Waals surface area contributed by atoms with Gasteiger partial charge >= 0.3 is 0 Å². The van der Waals surface area contributed by atoms with Crippen LogP contribution in [0.4, 0.5) is 0 Å². The molecule has 0 spiro atoms. The first kappa shape index (κ1) is 17.0. The van der Waals surface area contributed by atoms with Gasteiger partial charge in [0.25, 0.3) is 0 Å². The lowest BCUT2D eigenvalue weighted by molar-refractivity contribution is 0.373. The molecule has 0 aliphatic heterocycles. The second-order valence-corrected chi connectivity index (χ2v) is 9.17. The molecule has 1 rings (SSSR count). The van der Waals surface area contributed by atoms with Gasteiger partial charge in [-0.1, -0.05) is 54.4 Å². The number of benzene rings is 1. The van der Waals surface area contributed by atoms with Gasteiger partial charge in [0.05, 0.1) is 4.90 Å². The monoisotopic (exact) mass is 367 g/mol. The molecule has 0 saturated heterocycles. The first-order valence-electron chi connectivity index (χ1n) is 5.99. The minimum Gasteiger partial charge on any atom is -0.210 e. The van der Waals surface area contributed by atoms with Gasteiger partial charge in [-0.05, 0) is 30.0 Å². The Morgan fingerprint density at radius 1 is 1.37 bits per heavy atom. The summed E-state index contributed by atoms with van der Waals surface area (Å²) in [7, 11) is -3.50. The Morgan fingerprint density at radius 3 is 2.53 bits per heavy atom. The molecule has 0 amide bonds. The Labute approximate surface area is 128 Å². The molecule has 1 aromatic carbocycles. The van der Waals surface area contributed by atoms with Crippen molar-refractivity contribution >= 4 is 37.6 Å². The van der Waals surface area contributed by atoms with Crippen LogP contribution in [0.5, 0.6) is 0 Å². The summed E-state index contributed by atoms with van der Waals surface area (Å²) in [5.41, 5.74) is 0.148. The number of hydrogen-bond donors (Lipinski definition) is 1. The zero-order chi connectivity index (χ0) is 14.7. The predicted molar refractivity (Wildman–Crippen MR) is 83.4 cm³/mol. The summed E-state index contributed by atoms with van der Waals surface area (Å²) in [4.78, 5) is 0.289. The number of sulfonamides is 1. The van der Waals surface area contributed by atoms with Crippen LogP contribution in [0.2, 0.25) is 5.02 Å². The maximum atomic E-state index is 12.1. The number of hydrogen-bond acceptors (Lipinski definition) is 2. The van der Waals surface area contributed by atoms with Crippen LogP contribution in [-0.2, 0) is 10.0 Å². The highest BCUT2D eigenvalue weighted by Gasteiger charge is 2.20. The van der Waals surface area contributed by atoms with E-state index in [1.165, 1.54) is 12.1 Å². The van der Waals surface area contributed by atoms with E-state index in [1.54, 1.807) is 12.1 Å². The van der Waals surface area contributed by atoms with E-state index >= 15 is 0 Å². The second kappa shape index (κ2) is 6.57. The van der Waals surface area contributed by atoms with Crippen molar-refractivity contribution in [2.24, 2.45) is 5.41 Å². The molecule has 0 aliphatic carbocycles. The third-order valence-corrected chi connectivity index (χ3v) is 4.74. The van der Waals surface area contributed by atoms with E-state index in [-0.39, 0.29) is 15.1 Å². The maximum Gasteiger partial charge on any atom is 0.240 e. The first-order chi connectivity index (χ1) is 8.60. The number of alkyl halides is 1. The second-order valence-electron chi connectivity index (χ2n) is 5.67. The van der Waals surface area contributed by atoms with Crippen molar-refractivity contribution in [1.82, 2.24) is 4.72 Å². The first-order valence-corrected chi connectivity index (χ1v) is 8.77. The Morgan fingerprint density at radius 2 is 2.00 bits per heavy atom. The highest BCUT2D eigenvalue weighted by Crippen LogP contribution is 2.24. The minimum atomic E-state index is -3.50. The van der Waals surface area contributed by atoms with E-state index in [0.29, 0.717) is 11.6 Å². The van der Waals surface area contributed by atoms with Gasteiger partial charge in [-0.3, -0.25) is 0 Å². The highest BCUT2D eigenvalue weighted by molar-refractivity contribution is 9.09. The molecule has 1 atom stereocenters. The van der Waals surface area contributed by atoms with Gasteiger partial charge in [0.2, 0.25) is 10.0 Å². The van der Waals surface area contributed by atoms with Crippen LogP contribution in [0.1, 0.15) is 27.2 Å². The fraction of sp³-hybridized carbons (Fsp3) is 0.538. The van der Waals surface area contributed by atoms with E-state index in [4.69, 9.17) is 11.6 Å². The SMILES string of the molecule is CC(C)(C)CC(Br)CNS(=O)(=O)c1cccc(Cl)c1. The number of rotatable bonds is 5. The summed E-state index contributed by atoms with van der Waals surface area (Å²) >= 11 is 9.30. The largest absolute Gasteiger partial charge is 0.240 e. The molecular formula is C13H19BrClNO2S. The van der Waals surface area contributed by atoms with Crippen molar-refractivity contribution in [1.29, 1.82) is 0 Å². The summed E-state index contributed by atoms with van der Waals surface area (Å²) in [6.45, 7) is 6.71. The zero-order valence-electron chi connectivity index (χ0n) is 11.3. The molecule has 108 valence electrons. The van der Waals surface area contributed by atoms with Crippen molar-refractivity contribution in [3.63, 3.8) is 0 Å². The Kier molecular flexibility index (Phi) is 5.86. The van der Waals surface area contributed by atoms with Crippen LogP contribution < -0.4 is 4.72 Å². The lowest BCUT2D eigenvalue weighted by atomic mass is 9.91. The van der Waals surface area contributed by atoms with Crippen molar-refractivity contribution in [2.45, 2.75) is 36.9 Å². The van der Waals surface area contributed by atoms with E-state index in [9.17, 15) is 8.42 Å². The average molecular weight is 369 g/mol. The molecule has 0 aliphatic rings. The molecule has 6 heteroatoms. The molecule has 3 nitrogen and oxygen atoms in total. The van der Waals surface area contributed by atoms with Crippen molar-refractivity contribution < 1.29 is 8.42 Å². The number of nitrogens with one attached hydrogen (secondary N) is 1. The summed E-state index contributed by atoms with van der Waals surface area (Å²) in [5.74, 6) is 0. The standard InChI is InChI=1S/C13H19BrClNO2S/c1-13(2,3)8-10(14)9-16-19(17,18)12-6-4-5-11(15)7-12/h4-7,10,16H,8-9H2,1-3H3. The van der Waals surface area contributed by atoms with Crippen molar-refractivity contribution in [3.05, 3.63) is 29.3 Å². The van der Waals surface area contributed by atoms with Gasteiger partial charge in [0.1, 0.15) is 0 Å². The predicted octanol–water partition coefficient (Wildman–Crippen LogP) is 3.82. The molecule has 19 heavy (non-hydrogen) atoms. The van der Waals surface area contributed by atoms with Crippen LogP contribution in [0, 0.1) is 5.41 Å². The molecule has 0 bridgehead atoms. The summed E-state index contributed by atoms with van der Waals surface area (Å²) in [5, 5.41) is 0.410. The van der Waals surface area contributed by atoms with Crippen LogP contribution in [0.15, 0.2) is 29.2 Å². The van der Waals surface area contributed by atoms with E-state index in [2.05, 4.69) is 41.4 Å². The smallest absolute Gasteiger partial charge is 0.210 e. The van der Waals surface area contributed by atoms with Gasteiger partial charge in [-0.2, -0.15) is 0 Å². The van der Waals surface area contributed by atoms with Crippen molar-refractivity contribution in [2.75, 3.05) is 6.54 Å². The molecule has 0 saturated carbocycles. The zero-order valence-corrected chi connectivity index (χ0v) is 14.4. The molecule has 0 radical (unpaired) electrons. The van der Waals surface area contributed by atoms with Gasteiger partial charge in [-0.25, -0.2) is 13.1 Å². The number of halogens is 2. The Balaban J connectivity index is 2.66. The fourth-order valence-corrected chi connectivity index (χ4v) is 4.38. The average Bonchev–Trinajstić information content (AvgIpc) is 2.24. The topological polar surface area (TPSA) is 46.2 Å². The van der Waals surface area contributed by atoms with E-state index < -0.39 is 10.0 Å². The van der Waals surface area contributed by atoms with Crippen LogP contribution in [-0.4, -0.2) is 19.8 Å². The highest BCUT2D eigenvalue weighted by atomic mass is 79.9. The van der Waals surface area contributed by atoms with Gasteiger partial charge < -0.3 is 0 Å². The third-order valence-electron chi connectivity index (χ3n) is 2.44. The van der Waals surface area contributed by atoms with Crippen LogP contribution >= 0.6 is 27.5 Å². The Bertz CT molecular complexity index is 526. The Hall–Kier alpha value is -0.100.